The number of amides is 1. The molecule has 0 spiro atoms. The van der Waals surface area contributed by atoms with Gasteiger partial charge in [0, 0.05) is 22.9 Å². The van der Waals surface area contributed by atoms with Gasteiger partial charge >= 0.3 is 5.97 Å². The van der Waals surface area contributed by atoms with Crippen LogP contribution in [0.5, 0.6) is 11.5 Å². The van der Waals surface area contributed by atoms with Crippen LogP contribution >= 0.6 is 11.6 Å². The number of ether oxygens (including phenoxy) is 2. The maximum absolute atomic E-state index is 12.4. The number of halogens is 1. The van der Waals surface area contributed by atoms with Gasteiger partial charge in [-0.3, -0.25) is 9.59 Å². The number of carbonyl (C=O) groups excluding carboxylic acids is 2. The molecule has 1 unspecified atom stereocenters. The van der Waals surface area contributed by atoms with Gasteiger partial charge in [-0.1, -0.05) is 29.8 Å². The van der Waals surface area contributed by atoms with Gasteiger partial charge in [0.15, 0.2) is 0 Å². The van der Waals surface area contributed by atoms with Crippen LogP contribution in [0.15, 0.2) is 42.5 Å². The first kappa shape index (κ1) is 16.3. The molecule has 5 nitrogen and oxygen atoms in total. The Morgan fingerprint density at radius 1 is 1.29 bits per heavy atom. The second-order valence-corrected chi connectivity index (χ2v) is 5.89. The number of carbonyl (C=O) groups is 2. The van der Waals surface area contributed by atoms with Crippen molar-refractivity contribution < 1.29 is 19.1 Å². The molecule has 6 heteroatoms. The Hall–Kier alpha value is -2.53. The molecule has 2 aromatic carbocycles. The van der Waals surface area contributed by atoms with Crippen LogP contribution in [0.4, 0.5) is 5.69 Å². The van der Waals surface area contributed by atoms with Crippen molar-refractivity contribution in [2.45, 2.75) is 18.8 Å². The summed E-state index contributed by atoms with van der Waals surface area (Å²) in [5.74, 6) is 0.107. The molecule has 0 fully saturated rings. The van der Waals surface area contributed by atoms with Gasteiger partial charge < -0.3 is 14.8 Å². The summed E-state index contributed by atoms with van der Waals surface area (Å²) < 4.78 is 10.4. The number of benzene rings is 2. The zero-order valence-corrected chi connectivity index (χ0v) is 13.8. The predicted molar refractivity (Wildman–Crippen MR) is 90.7 cm³/mol. The van der Waals surface area contributed by atoms with E-state index in [1.807, 2.05) is 12.1 Å². The first-order valence-corrected chi connectivity index (χ1v) is 7.88. The Balaban J connectivity index is 1.79. The molecule has 3 rings (SSSR count). The minimum atomic E-state index is -0.361. The normalized spacial score (nSPS) is 16.1. The largest absolute Gasteiger partial charge is 0.495 e. The Labute approximate surface area is 144 Å². The van der Waals surface area contributed by atoms with Crippen LogP contribution in [0.2, 0.25) is 5.02 Å². The number of hydrogen-bond donors (Lipinski definition) is 1. The fourth-order valence-corrected chi connectivity index (χ4v) is 3.14. The van der Waals surface area contributed by atoms with E-state index >= 15 is 0 Å². The molecule has 1 atom stereocenters. The molecule has 24 heavy (non-hydrogen) atoms. The monoisotopic (exact) mass is 345 g/mol. The van der Waals surface area contributed by atoms with Crippen LogP contribution in [-0.2, 0) is 9.59 Å². The maximum Gasteiger partial charge on any atom is 0.311 e. The van der Waals surface area contributed by atoms with Gasteiger partial charge in [-0.15, -0.1) is 0 Å². The molecular weight excluding hydrogens is 330 g/mol. The molecular formula is C18H16ClNO4. The Kier molecular flexibility index (Phi) is 4.71. The predicted octanol–water partition coefficient (Wildman–Crippen LogP) is 3.77. The van der Waals surface area contributed by atoms with Crippen LogP contribution in [0.25, 0.3) is 0 Å². The van der Waals surface area contributed by atoms with E-state index in [1.165, 1.54) is 7.11 Å². The lowest BCUT2D eigenvalue weighted by Gasteiger charge is -2.25. The molecule has 0 bridgehead atoms. The first-order chi connectivity index (χ1) is 11.6. The van der Waals surface area contributed by atoms with Gasteiger partial charge in [0.25, 0.3) is 0 Å². The molecule has 0 radical (unpaired) electrons. The third-order valence-electron chi connectivity index (χ3n) is 3.87. The minimum absolute atomic E-state index is 0.121. The number of para-hydroxylation sites is 2. The van der Waals surface area contributed by atoms with Crippen LogP contribution < -0.4 is 14.8 Å². The second kappa shape index (κ2) is 6.93. The third kappa shape index (κ3) is 3.36. The van der Waals surface area contributed by atoms with Gasteiger partial charge in [-0.25, -0.2) is 0 Å². The number of esters is 1. The number of fused-ring (bicyclic) bond motifs is 1. The highest BCUT2D eigenvalue weighted by atomic mass is 35.5. The highest BCUT2D eigenvalue weighted by Crippen LogP contribution is 2.41. The van der Waals surface area contributed by atoms with Gasteiger partial charge in [-0.2, -0.15) is 0 Å². The van der Waals surface area contributed by atoms with Crippen molar-refractivity contribution in [1.82, 2.24) is 0 Å². The standard InChI is InChI=1S/C18H16ClNO4/c1-23-14-7-3-2-6-13(14)20-16(21)9-11-10-17(22)24-15-8-4-5-12(19)18(11)15/h2-8,11H,9-10H2,1H3,(H,20,21). The lowest BCUT2D eigenvalue weighted by Crippen LogP contribution is -2.24. The molecule has 0 aliphatic carbocycles. The molecule has 1 N–H and O–H groups in total. The Bertz CT molecular complexity index is 790. The van der Waals surface area contributed by atoms with Crippen LogP contribution in [-0.4, -0.2) is 19.0 Å². The van der Waals surface area contributed by atoms with Crippen molar-refractivity contribution in [2.75, 3.05) is 12.4 Å². The molecule has 0 saturated carbocycles. The summed E-state index contributed by atoms with van der Waals surface area (Å²) in [4.78, 5) is 24.2. The maximum atomic E-state index is 12.4. The van der Waals surface area contributed by atoms with Crippen molar-refractivity contribution in [2.24, 2.45) is 0 Å². The van der Waals surface area contributed by atoms with Crippen LogP contribution in [0.1, 0.15) is 24.3 Å². The highest BCUT2D eigenvalue weighted by Gasteiger charge is 2.30. The Morgan fingerprint density at radius 2 is 2.08 bits per heavy atom. The van der Waals surface area contributed by atoms with Crippen molar-refractivity contribution in [1.29, 1.82) is 0 Å². The lowest BCUT2D eigenvalue weighted by molar-refractivity contribution is -0.136. The molecule has 0 saturated heterocycles. The van der Waals surface area contributed by atoms with E-state index < -0.39 is 0 Å². The summed E-state index contributed by atoms with van der Waals surface area (Å²) in [5, 5.41) is 3.31. The third-order valence-corrected chi connectivity index (χ3v) is 4.20. The number of methoxy groups -OCH3 is 1. The summed E-state index contributed by atoms with van der Waals surface area (Å²) in [6.45, 7) is 0. The van der Waals surface area contributed by atoms with E-state index in [9.17, 15) is 9.59 Å². The summed E-state index contributed by atoms with van der Waals surface area (Å²) in [5.41, 5.74) is 1.29. The molecule has 2 aromatic rings. The fourth-order valence-electron chi connectivity index (χ4n) is 2.82. The van der Waals surface area contributed by atoms with Gasteiger partial charge in [0.1, 0.15) is 11.5 Å². The Morgan fingerprint density at radius 3 is 2.88 bits per heavy atom. The lowest BCUT2D eigenvalue weighted by atomic mass is 9.89. The SMILES string of the molecule is COc1ccccc1NC(=O)CC1CC(=O)Oc2cccc(Cl)c21. The molecule has 124 valence electrons. The van der Waals surface area contributed by atoms with Crippen molar-refractivity contribution in [3.8, 4) is 11.5 Å². The zero-order valence-electron chi connectivity index (χ0n) is 13.0. The van der Waals surface area contributed by atoms with Crippen molar-refractivity contribution in [3.05, 3.63) is 53.1 Å². The number of anilines is 1. The number of rotatable bonds is 4. The molecule has 1 amide bonds. The second-order valence-electron chi connectivity index (χ2n) is 5.48. The summed E-state index contributed by atoms with van der Waals surface area (Å²) in [7, 11) is 1.54. The first-order valence-electron chi connectivity index (χ1n) is 7.50. The molecule has 1 aliphatic rings. The average molecular weight is 346 g/mol. The van der Waals surface area contributed by atoms with Gasteiger partial charge in [-0.05, 0) is 24.3 Å². The highest BCUT2D eigenvalue weighted by molar-refractivity contribution is 6.31. The molecule has 0 aromatic heterocycles. The van der Waals surface area contributed by atoms with E-state index in [0.29, 0.717) is 27.8 Å². The topological polar surface area (TPSA) is 64.6 Å². The van der Waals surface area contributed by atoms with Crippen molar-refractivity contribution >= 4 is 29.2 Å². The van der Waals surface area contributed by atoms with E-state index in [2.05, 4.69) is 5.32 Å². The smallest absolute Gasteiger partial charge is 0.311 e. The quantitative estimate of drug-likeness (QED) is 0.676. The zero-order chi connectivity index (χ0) is 17.1. The van der Waals surface area contributed by atoms with Crippen LogP contribution in [0.3, 0.4) is 0 Å². The van der Waals surface area contributed by atoms with Crippen LogP contribution in [0, 0.1) is 0 Å². The minimum Gasteiger partial charge on any atom is -0.495 e. The van der Waals surface area contributed by atoms with E-state index in [1.54, 1.807) is 30.3 Å². The molecule has 1 heterocycles. The van der Waals surface area contributed by atoms with E-state index in [0.717, 1.165) is 0 Å². The number of nitrogens with one attached hydrogen (secondary N) is 1. The molecule has 1 aliphatic heterocycles. The van der Waals surface area contributed by atoms with Gasteiger partial charge in [0.2, 0.25) is 5.91 Å². The van der Waals surface area contributed by atoms with Gasteiger partial charge in [0.05, 0.1) is 19.2 Å². The summed E-state index contributed by atoms with van der Waals surface area (Å²) in [6, 6.07) is 12.3. The van der Waals surface area contributed by atoms with Crippen molar-refractivity contribution in [3.63, 3.8) is 0 Å². The summed E-state index contributed by atoms with van der Waals surface area (Å²) in [6.07, 6.45) is 0.250. The van der Waals surface area contributed by atoms with E-state index in [-0.39, 0.29) is 30.6 Å². The van der Waals surface area contributed by atoms with E-state index in [4.69, 9.17) is 21.1 Å². The fraction of sp³-hybridized carbons (Fsp3) is 0.222. The number of hydrogen-bond acceptors (Lipinski definition) is 4. The average Bonchev–Trinajstić information content (AvgIpc) is 2.54. The summed E-state index contributed by atoms with van der Waals surface area (Å²) >= 11 is 6.23.